The van der Waals surface area contributed by atoms with Crippen LogP contribution in [0.2, 0.25) is 10.0 Å². The summed E-state index contributed by atoms with van der Waals surface area (Å²) in [5.74, 6) is 1.59. The van der Waals surface area contributed by atoms with Gasteiger partial charge < -0.3 is 9.84 Å². The summed E-state index contributed by atoms with van der Waals surface area (Å²) in [6.45, 7) is 1.71. The average molecular weight is 358 g/mol. The third kappa shape index (κ3) is 2.79. The van der Waals surface area contributed by atoms with Crippen LogP contribution < -0.4 is 5.32 Å². The summed E-state index contributed by atoms with van der Waals surface area (Å²) >= 11 is 12.5. The zero-order chi connectivity index (χ0) is 16.5. The van der Waals surface area contributed by atoms with Crippen LogP contribution in [-0.4, -0.2) is 24.1 Å². The Morgan fingerprint density at radius 1 is 0.958 bits per heavy atom. The van der Waals surface area contributed by atoms with Crippen LogP contribution in [0.3, 0.4) is 0 Å². The summed E-state index contributed by atoms with van der Waals surface area (Å²) in [5.41, 5.74) is 3.29. The van der Waals surface area contributed by atoms with Gasteiger partial charge in [0.05, 0.1) is 16.6 Å². The summed E-state index contributed by atoms with van der Waals surface area (Å²) in [7, 11) is 0. The Bertz CT molecular complexity index is 896. The molecule has 0 bridgehead atoms. The van der Waals surface area contributed by atoms with Crippen LogP contribution in [0, 0.1) is 0 Å². The van der Waals surface area contributed by atoms with Gasteiger partial charge in [0.2, 0.25) is 0 Å². The Morgan fingerprint density at radius 3 is 2.33 bits per heavy atom. The largest absolute Gasteiger partial charge is 0.368 e. The first-order chi connectivity index (χ1) is 11.7. The number of amidine groups is 1. The number of nitrogens with one attached hydrogen (secondary N) is 1. The second-order valence-corrected chi connectivity index (χ2v) is 6.22. The van der Waals surface area contributed by atoms with Crippen molar-refractivity contribution in [2.45, 2.75) is 0 Å². The lowest BCUT2D eigenvalue weighted by Gasteiger charge is -2.03. The van der Waals surface area contributed by atoms with E-state index in [9.17, 15) is 0 Å². The monoisotopic (exact) mass is 357 g/mol. The molecule has 1 aliphatic heterocycles. The van der Waals surface area contributed by atoms with Gasteiger partial charge in [0.25, 0.3) is 0 Å². The number of hydrogen-bond donors (Lipinski definition) is 1. The van der Waals surface area contributed by atoms with E-state index in [1.165, 1.54) is 0 Å². The highest BCUT2D eigenvalue weighted by molar-refractivity contribution is 6.39. The molecule has 0 saturated carbocycles. The van der Waals surface area contributed by atoms with Crippen molar-refractivity contribution in [3.63, 3.8) is 0 Å². The SMILES string of the molecule is Clc1cccc(Cl)c1-c1cc(-c2ccc(C3=NCCN3)cc2)on1. The standard InChI is InChI=1S/C18H13Cl2N3O/c19-13-2-1-3-14(20)17(13)15-10-16(24-23-15)11-4-6-12(7-5-11)18-21-8-9-22-18/h1-7,10H,8-9H2,(H,21,22). The molecule has 1 N–H and O–H groups in total. The quantitative estimate of drug-likeness (QED) is 0.741. The molecule has 2 aromatic carbocycles. The van der Waals surface area contributed by atoms with E-state index < -0.39 is 0 Å². The summed E-state index contributed by atoms with van der Waals surface area (Å²) in [5, 5.41) is 8.45. The highest BCUT2D eigenvalue weighted by Crippen LogP contribution is 2.35. The number of halogens is 2. The lowest BCUT2D eigenvalue weighted by molar-refractivity contribution is 0.435. The molecule has 0 saturated heterocycles. The van der Waals surface area contributed by atoms with Crippen molar-refractivity contribution in [1.82, 2.24) is 10.5 Å². The fraction of sp³-hybridized carbons (Fsp3) is 0.111. The Labute approximate surface area is 149 Å². The van der Waals surface area contributed by atoms with E-state index in [4.69, 9.17) is 27.7 Å². The van der Waals surface area contributed by atoms with E-state index in [-0.39, 0.29) is 0 Å². The molecule has 6 heteroatoms. The van der Waals surface area contributed by atoms with Gasteiger partial charge in [0.15, 0.2) is 5.76 Å². The van der Waals surface area contributed by atoms with Gasteiger partial charge in [-0.15, -0.1) is 0 Å². The Kier molecular flexibility index (Phi) is 4.00. The van der Waals surface area contributed by atoms with Crippen LogP contribution in [0.1, 0.15) is 5.56 Å². The van der Waals surface area contributed by atoms with Crippen LogP contribution in [0.15, 0.2) is 58.0 Å². The second kappa shape index (κ2) is 6.30. The molecule has 0 amide bonds. The van der Waals surface area contributed by atoms with Crippen LogP contribution >= 0.6 is 23.2 Å². The van der Waals surface area contributed by atoms with Crippen molar-refractivity contribution in [3.8, 4) is 22.6 Å². The summed E-state index contributed by atoms with van der Waals surface area (Å²) in [6, 6.07) is 15.2. The van der Waals surface area contributed by atoms with Gasteiger partial charge in [-0.3, -0.25) is 4.99 Å². The first-order valence-corrected chi connectivity index (χ1v) is 8.28. The van der Waals surface area contributed by atoms with Gasteiger partial charge in [0.1, 0.15) is 11.5 Å². The zero-order valence-electron chi connectivity index (χ0n) is 12.6. The molecule has 1 aromatic heterocycles. The molecule has 0 unspecified atom stereocenters. The number of aromatic nitrogens is 1. The highest BCUT2D eigenvalue weighted by Gasteiger charge is 2.15. The lowest BCUT2D eigenvalue weighted by Crippen LogP contribution is -2.19. The maximum absolute atomic E-state index is 6.23. The predicted molar refractivity (Wildman–Crippen MR) is 96.8 cm³/mol. The molecule has 0 spiro atoms. The van der Waals surface area contributed by atoms with Gasteiger partial charge in [-0.05, 0) is 12.1 Å². The fourth-order valence-electron chi connectivity index (χ4n) is 2.66. The van der Waals surface area contributed by atoms with Crippen LogP contribution in [0.4, 0.5) is 0 Å². The van der Waals surface area contributed by atoms with Crippen molar-refractivity contribution < 1.29 is 4.52 Å². The molecule has 120 valence electrons. The van der Waals surface area contributed by atoms with Crippen LogP contribution in [-0.2, 0) is 0 Å². The Balaban J connectivity index is 1.65. The van der Waals surface area contributed by atoms with E-state index in [0.717, 1.165) is 30.1 Å². The molecule has 24 heavy (non-hydrogen) atoms. The summed E-state index contributed by atoms with van der Waals surface area (Å²) in [6.07, 6.45) is 0. The number of hydrogen-bond acceptors (Lipinski definition) is 4. The topological polar surface area (TPSA) is 50.4 Å². The summed E-state index contributed by atoms with van der Waals surface area (Å²) < 4.78 is 5.47. The molecule has 4 nitrogen and oxygen atoms in total. The van der Waals surface area contributed by atoms with Gasteiger partial charge in [0, 0.05) is 29.3 Å². The maximum Gasteiger partial charge on any atom is 0.167 e. The molecule has 0 atom stereocenters. The number of benzene rings is 2. The van der Waals surface area contributed by atoms with E-state index in [0.29, 0.717) is 27.1 Å². The zero-order valence-corrected chi connectivity index (χ0v) is 14.1. The number of nitrogens with zero attached hydrogens (tertiary/aromatic N) is 2. The Morgan fingerprint density at radius 2 is 1.67 bits per heavy atom. The molecule has 0 radical (unpaired) electrons. The van der Waals surface area contributed by atoms with Gasteiger partial charge in [-0.25, -0.2) is 0 Å². The molecule has 2 heterocycles. The smallest absolute Gasteiger partial charge is 0.167 e. The summed E-state index contributed by atoms with van der Waals surface area (Å²) in [4.78, 5) is 4.41. The van der Waals surface area contributed by atoms with Crippen molar-refractivity contribution in [2.24, 2.45) is 4.99 Å². The molecular formula is C18H13Cl2N3O. The van der Waals surface area contributed by atoms with E-state index in [2.05, 4.69) is 15.5 Å². The molecular weight excluding hydrogens is 345 g/mol. The molecule has 1 aliphatic rings. The minimum atomic E-state index is 0.544. The van der Waals surface area contributed by atoms with Crippen LogP contribution in [0.5, 0.6) is 0 Å². The third-order valence-corrected chi connectivity index (χ3v) is 4.48. The van der Waals surface area contributed by atoms with Crippen molar-refractivity contribution in [1.29, 1.82) is 0 Å². The van der Waals surface area contributed by atoms with E-state index in [1.54, 1.807) is 18.2 Å². The van der Waals surface area contributed by atoms with Gasteiger partial charge in [-0.1, -0.05) is 58.7 Å². The third-order valence-electron chi connectivity index (χ3n) is 3.85. The van der Waals surface area contributed by atoms with Crippen molar-refractivity contribution in [2.75, 3.05) is 13.1 Å². The molecule has 0 aliphatic carbocycles. The molecule has 3 aromatic rings. The molecule has 0 fully saturated rings. The van der Waals surface area contributed by atoms with Crippen molar-refractivity contribution in [3.05, 3.63) is 64.1 Å². The van der Waals surface area contributed by atoms with Gasteiger partial charge in [-0.2, -0.15) is 0 Å². The molecule has 4 rings (SSSR count). The maximum atomic E-state index is 6.23. The Hall–Kier alpha value is -2.30. The second-order valence-electron chi connectivity index (χ2n) is 5.41. The lowest BCUT2D eigenvalue weighted by atomic mass is 10.1. The predicted octanol–water partition coefficient (Wildman–Crippen LogP) is 4.67. The van der Waals surface area contributed by atoms with E-state index >= 15 is 0 Å². The van der Waals surface area contributed by atoms with Crippen molar-refractivity contribution >= 4 is 29.0 Å². The highest BCUT2D eigenvalue weighted by atomic mass is 35.5. The van der Waals surface area contributed by atoms with Gasteiger partial charge >= 0.3 is 0 Å². The van der Waals surface area contributed by atoms with E-state index in [1.807, 2.05) is 30.3 Å². The minimum absolute atomic E-state index is 0.544. The minimum Gasteiger partial charge on any atom is -0.368 e. The fourth-order valence-corrected chi connectivity index (χ4v) is 3.25. The normalized spacial score (nSPS) is 13.7. The number of aliphatic imine (C=N–C) groups is 1. The number of rotatable bonds is 3. The average Bonchev–Trinajstić information content (AvgIpc) is 3.27. The first-order valence-electron chi connectivity index (χ1n) is 7.52. The first kappa shape index (κ1) is 15.2. The van der Waals surface area contributed by atoms with Crippen LogP contribution in [0.25, 0.3) is 22.6 Å².